The average molecular weight is 293 g/mol. The number of nitrogens with zero attached hydrogens (tertiary/aromatic N) is 3. The smallest absolute Gasteiger partial charge is 0.744 e. The van der Waals surface area contributed by atoms with E-state index in [0.29, 0.717) is 5.69 Å². The third kappa shape index (κ3) is 4.69. The first-order chi connectivity index (χ1) is 8.05. The van der Waals surface area contributed by atoms with Crippen molar-refractivity contribution < 1.29 is 64.4 Å². The Morgan fingerprint density at radius 3 is 2.17 bits per heavy atom. The van der Waals surface area contributed by atoms with Crippen LogP contribution in [0.15, 0.2) is 39.5 Å². The van der Waals surface area contributed by atoms with Gasteiger partial charge in [-0.15, -0.1) is 5.11 Å². The van der Waals surface area contributed by atoms with Gasteiger partial charge in [-0.2, -0.15) is 0 Å². The van der Waals surface area contributed by atoms with E-state index in [9.17, 15) is 13.0 Å². The molecular formula is C10H12KN3O3S. The van der Waals surface area contributed by atoms with Crippen LogP contribution < -0.4 is 51.4 Å². The van der Waals surface area contributed by atoms with Gasteiger partial charge in [-0.25, -0.2) is 8.42 Å². The Morgan fingerprint density at radius 2 is 1.67 bits per heavy atom. The van der Waals surface area contributed by atoms with Crippen molar-refractivity contribution in [3.05, 3.63) is 24.3 Å². The molecule has 1 aliphatic rings. The van der Waals surface area contributed by atoms with Crippen molar-refractivity contribution in [2.24, 2.45) is 10.3 Å². The Morgan fingerprint density at radius 1 is 1.11 bits per heavy atom. The van der Waals surface area contributed by atoms with E-state index in [0.717, 1.165) is 25.9 Å². The fraction of sp³-hybridized carbons (Fsp3) is 0.400. The number of benzene rings is 1. The zero-order valence-electron chi connectivity index (χ0n) is 10.1. The summed E-state index contributed by atoms with van der Waals surface area (Å²) >= 11 is 0. The van der Waals surface area contributed by atoms with E-state index in [1.807, 2.05) is 5.01 Å². The van der Waals surface area contributed by atoms with E-state index < -0.39 is 10.1 Å². The summed E-state index contributed by atoms with van der Waals surface area (Å²) in [6.45, 7) is 1.80. The Kier molecular flexibility index (Phi) is 6.38. The van der Waals surface area contributed by atoms with Crippen LogP contribution in [0.2, 0.25) is 0 Å². The maximum absolute atomic E-state index is 10.7. The van der Waals surface area contributed by atoms with E-state index in [1.54, 1.807) is 0 Å². The molecule has 1 aromatic rings. The molecule has 18 heavy (non-hydrogen) atoms. The summed E-state index contributed by atoms with van der Waals surface area (Å²) in [6, 6.07) is 5.40. The van der Waals surface area contributed by atoms with Gasteiger partial charge in [0.25, 0.3) is 0 Å². The van der Waals surface area contributed by atoms with Crippen molar-refractivity contribution in [2.45, 2.75) is 17.7 Å². The fourth-order valence-corrected chi connectivity index (χ4v) is 2.05. The van der Waals surface area contributed by atoms with Crippen molar-refractivity contribution in [2.75, 3.05) is 13.1 Å². The van der Waals surface area contributed by atoms with Crippen molar-refractivity contribution in [1.82, 2.24) is 5.01 Å². The molecule has 0 spiro atoms. The fourth-order valence-electron chi connectivity index (χ4n) is 1.58. The van der Waals surface area contributed by atoms with E-state index in [1.165, 1.54) is 24.3 Å². The summed E-state index contributed by atoms with van der Waals surface area (Å²) < 4.78 is 32.1. The summed E-state index contributed by atoms with van der Waals surface area (Å²) in [4.78, 5) is -0.252. The molecule has 0 unspecified atom stereocenters. The molecular weight excluding hydrogens is 281 g/mol. The quantitative estimate of drug-likeness (QED) is 0.393. The third-order valence-corrected chi connectivity index (χ3v) is 3.34. The molecule has 0 N–H and O–H groups in total. The molecule has 6 nitrogen and oxygen atoms in total. The van der Waals surface area contributed by atoms with Crippen LogP contribution in [0, 0.1) is 0 Å². The second-order valence-electron chi connectivity index (χ2n) is 3.80. The van der Waals surface area contributed by atoms with Crippen molar-refractivity contribution in [1.29, 1.82) is 0 Å². The number of hydrogen-bond donors (Lipinski definition) is 0. The molecule has 1 saturated heterocycles. The zero-order valence-corrected chi connectivity index (χ0v) is 14.1. The van der Waals surface area contributed by atoms with Crippen LogP contribution in [0.4, 0.5) is 5.69 Å². The minimum Gasteiger partial charge on any atom is -0.744 e. The predicted octanol–water partition coefficient (Wildman–Crippen LogP) is -1.31. The summed E-state index contributed by atoms with van der Waals surface area (Å²) in [6.07, 6.45) is 2.23. The Labute approximate surface area is 149 Å². The van der Waals surface area contributed by atoms with E-state index in [-0.39, 0.29) is 56.3 Å². The molecule has 92 valence electrons. The van der Waals surface area contributed by atoms with Crippen LogP contribution >= 0.6 is 0 Å². The molecule has 0 amide bonds. The zero-order chi connectivity index (χ0) is 12.3. The monoisotopic (exact) mass is 293 g/mol. The van der Waals surface area contributed by atoms with Crippen molar-refractivity contribution in [3.8, 4) is 0 Å². The van der Waals surface area contributed by atoms with Crippen LogP contribution in [0.1, 0.15) is 12.8 Å². The molecule has 1 aliphatic heterocycles. The largest absolute Gasteiger partial charge is 1.00 e. The first kappa shape index (κ1) is 16.2. The maximum atomic E-state index is 10.7. The molecule has 1 aromatic carbocycles. The molecule has 2 rings (SSSR count). The van der Waals surface area contributed by atoms with Gasteiger partial charge < -0.3 is 4.55 Å². The van der Waals surface area contributed by atoms with Gasteiger partial charge in [-0.05, 0) is 37.1 Å². The molecule has 0 radical (unpaired) electrons. The molecule has 0 bridgehead atoms. The van der Waals surface area contributed by atoms with Gasteiger partial charge in [0.1, 0.15) is 10.1 Å². The Bertz CT molecular complexity index is 510. The standard InChI is InChI=1S/C10H13N3O3S.K/c14-17(15,16)10-5-3-9(4-6-10)11-12-13-7-1-2-8-13;/h3-6H,1-2,7-8H2,(H,14,15,16);/q;+1/p-1. The first-order valence-electron chi connectivity index (χ1n) is 5.28. The van der Waals surface area contributed by atoms with Crippen molar-refractivity contribution >= 4 is 15.8 Å². The molecule has 1 heterocycles. The van der Waals surface area contributed by atoms with Gasteiger partial charge in [-0.1, -0.05) is 5.22 Å². The van der Waals surface area contributed by atoms with E-state index in [2.05, 4.69) is 10.3 Å². The Balaban J connectivity index is 0.00000162. The summed E-state index contributed by atoms with van der Waals surface area (Å²) in [5, 5.41) is 9.84. The maximum Gasteiger partial charge on any atom is 1.00 e. The minimum absolute atomic E-state index is 0. The number of rotatable bonds is 3. The summed E-state index contributed by atoms with van der Waals surface area (Å²) in [5.74, 6) is 0. The van der Waals surface area contributed by atoms with Gasteiger partial charge in [0.15, 0.2) is 0 Å². The van der Waals surface area contributed by atoms with Gasteiger partial charge >= 0.3 is 51.4 Å². The first-order valence-corrected chi connectivity index (χ1v) is 6.69. The van der Waals surface area contributed by atoms with Gasteiger partial charge in [0, 0.05) is 13.1 Å². The van der Waals surface area contributed by atoms with Crippen LogP contribution in [0.3, 0.4) is 0 Å². The van der Waals surface area contributed by atoms with Crippen LogP contribution in [-0.2, 0) is 10.1 Å². The SMILES string of the molecule is O=S(=O)([O-])c1ccc(N=NN2CCCC2)cc1.[K+]. The Hall–Kier alpha value is 0.166. The van der Waals surface area contributed by atoms with Crippen molar-refractivity contribution in [3.63, 3.8) is 0 Å². The van der Waals surface area contributed by atoms with Gasteiger partial charge in [0.2, 0.25) is 0 Å². The normalized spacial score (nSPS) is 15.9. The second-order valence-corrected chi connectivity index (χ2v) is 5.18. The minimum atomic E-state index is -4.38. The molecule has 0 aliphatic carbocycles. The summed E-state index contributed by atoms with van der Waals surface area (Å²) in [7, 11) is -4.38. The molecule has 0 aromatic heterocycles. The topological polar surface area (TPSA) is 85.2 Å². The second kappa shape index (κ2) is 7.08. The molecule has 1 fully saturated rings. The average Bonchev–Trinajstić information content (AvgIpc) is 2.78. The molecule has 8 heteroatoms. The van der Waals surface area contributed by atoms with Crippen LogP contribution in [-0.4, -0.2) is 31.1 Å². The molecule has 0 saturated carbocycles. The van der Waals surface area contributed by atoms with E-state index >= 15 is 0 Å². The summed E-state index contributed by atoms with van der Waals surface area (Å²) in [5.41, 5.74) is 0.532. The van der Waals surface area contributed by atoms with E-state index in [4.69, 9.17) is 0 Å². The van der Waals surface area contributed by atoms with Gasteiger partial charge in [0.05, 0.1) is 10.6 Å². The van der Waals surface area contributed by atoms with Crippen LogP contribution in [0.25, 0.3) is 0 Å². The third-order valence-electron chi connectivity index (χ3n) is 2.49. The molecule has 0 atom stereocenters. The predicted molar refractivity (Wildman–Crippen MR) is 59.7 cm³/mol. The van der Waals surface area contributed by atoms with Crippen LogP contribution in [0.5, 0.6) is 0 Å². The number of hydrogen-bond acceptors (Lipinski definition) is 5. The van der Waals surface area contributed by atoms with Gasteiger partial charge in [-0.3, -0.25) is 5.01 Å².